The summed E-state index contributed by atoms with van der Waals surface area (Å²) in [5.74, 6) is 3.26. The predicted octanol–water partition coefficient (Wildman–Crippen LogP) is 3.89. The molecule has 0 rings (SSSR count). The molecule has 106 valence electrons. The third-order valence-electron chi connectivity index (χ3n) is 3.11. The van der Waals surface area contributed by atoms with Gasteiger partial charge in [0.2, 0.25) is 0 Å². The van der Waals surface area contributed by atoms with Crippen LogP contribution in [0, 0.1) is 23.7 Å². The minimum atomic E-state index is 0.132. The van der Waals surface area contributed by atoms with Crippen molar-refractivity contribution in [2.45, 2.75) is 60.0 Å². The predicted molar refractivity (Wildman–Crippen MR) is 77.5 cm³/mol. The van der Waals surface area contributed by atoms with E-state index < -0.39 is 0 Å². The number of hydrogen-bond donors (Lipinski definition) is 0. The molecule has 0 aliphatic heterocycles. The molecule has 0 aliphatic carbocycles. The molecule has 0 saturated carbocycles. The van der Waals surface area contributed by atoms with Crippen LogP contribution in [-0.4, -0.2) is 25.9 Å². The molecule has 0 radical (unpaired) electrons. The summed E-state index contributed by atoms with van der Waals surface area (Å²) in [5, 5.41) is 0. The summed E-state index contributed by atoms with van der Waals surface area (Å²) in [7, 11) is 0. The van der Waals surface area contributed by atoms with Crippen molar-refractivity contribution in [2.75, 3.05) is 19.8 Å². The molecule has 0 fully saturated rings. The smallest absolute Gasteiger partial charge is 0.0575 e. The maximum Gasteiger partial charge on any atom is 0.0575 e. The molecule has 0 aliphatic rings. The van der Waals surface area contributed by atoms with Gasteiger partial charge in [-0.2, -0.15) is 0 Å². The molecule has 1 atom stereocenters. The van der Waals surface area contributed by atoms with Crippen LogP contribution in [0.15, 0.2) is 0 Å². The lowest BCUT2D eigenvalue weighted by atomic mass is 9.79. The molecular formula is C16H30O2. The van der Waals surface area contributed by atoms with E-state index in [1.807, 2.05) is 0 Å². The summed E-state index contributed by atoms with van der Waals surface area (Å²) in [6.07, 6.45) is 8.40. The fourth-order valence-electron chi connectivity index (χ4n) is 2.14. The molecule has 0 aromatic rings. The highest BCUT2D eigenvalue weighted by Gasteiger charge is 2.30. The SMILES string of the molecule is C#CCCOCC(CC)(COC(C)C)CC(C)C. The fourth-order valence-corrected chi connectivity index (χ4v) is 2.14. The van der Waals surface area contributed by atoms with Crippen LogP contribution >= 0.6 is 0 Å². The monoisotopic (exact) mass is 254 g/mol. The van der Waals surface area contributed by atoms with Gasteiger partial charge in [-0.1, -0.05) is 20.8 Å². The minimum absolute atomic E-state index is 0.132. The molecule has 2 nitrogen and oxygen atoms in total. The van der Waals surface area contributed by atoms with E-state index in [1.165, 1.54) is 0 Å². The van der Waals surface area contributed by atoms with E-state index in [0.29, 0.717) is 18.9 Å². The van der Waals surface area contributed by atoms with Gasteiger partial charge in [0, 0.05) is 11.8 Å². The maximum absolute atomic E-state index is 5.84. The lowest BCUT2D eigenvalue weighted by molar-refractivity contribution is -0.0519. The zero-order chi connectivity index (χ0) is 14.0. The van der Waals surface area contributed by atoms with Crippen molar-refractivity contribution in [3.05, 3.63) is 0 Å². The van der Waals surface area contributed by atoms with E-state index in [-0.39, 0.29) is 11.5 Å². The van der Waals surface area contributed by atoms with E-state index in [9.17, 15) is 0 Å². The Labute approximate surface area is 113 Å². The van der Waals surface area contributed by atoms with Crippen molar-refractivity contribution in [3.63, 3.8) is 0 Å². The first-order valence-corrected chi connectivity index (χ1v) is 7.08. The first-order valence-electron chi connectivity index (χ1n) is 7.08. The van der Waals surface area contributed by atoms with Gasteiger partial charge in [0.05, 0.1) is 25.9 Å². The van der Waals surface area contributed by atoms with Gasteiger partial charge in [-0.15, -0.1) is 12.3 Å². The van der Waals surface area contributed by atoms with Gasteiger partial charge in [-0.25, -0.2) is 0 Å². The second-order valence-electron chi connectivity index (χ2n) is 5.82. The molecule has 0 bridgehead atoms. The fraction of sp³-hybridized carbons (Fsp3) is 0.875. The van der Waals surface area contributed by atoms with Gasteiger partial charge in [-0.05, 0) is 32.6 Å². The van der Waals surface area contributed by atoms with E-state index in [0.717, 1.165) is 26.1 Å². The largest absolute Gasteiger partial charge is 0.380 e. The average molecular weight is 254 g/mol. The summed E-state index contributed by atoms with van der Waals surface area (Å²) < 4.78 is 11.6. The summed E-state index contributed by atoms with van der Waals surface area (Å²) in [5.41, 5.74) is 0.132. The van der Waals surface area contributed by atoms with Crippen molar-refractivity contribution in [1.82, 2.24) is 0 Å². The standard InChI is InChI=1S/C16H30O2/c1-7-9-10-17-12-16(8-2,11-14(3)4)13-18-15(5)6/h1,14-15H,8-13H2,2-6H3. The molecule has 1 unspecified atom stereocenters. The quantitative estimate of drug-likeness (QED) is 0.435. The summed E-state index contributed by atoms with van der Waals surface area (Å²) in [4.78, 5) is 0. The van der Waals surface area contributed by atoms with Crippen LogP contribution in [0.4, 0.5) is 0 Å². The highest BCUT2D eigenvalue weighted by Crippen LogP contribution is 2.31. The van der Waals surface area contributed by atoms with Gasteiger partial charge >= 0.3 is 0 Å². The van der Waals surface area contributed by atoms with Crippen molar-refractivity contribution in [3.8, 4) is 12.3 Å². The third-order valence-corrected chi connectivity index (χ3v) is 3.11. The number of hydrogen-bond acceptors (Lipinski definition) is 2. The van der Waals surface area contributed by atoms with E-state index in [4.69, 9.17) is 15.9 Å². The Balaban J connectivity index is 4.40. The van der Waals surface area contributed by atoms with Crippen LogP contribution in [0.1, 0.15) is 53.9 Å². The molecular weight excluding hydrogens is 224 g/mol. The van der Waals surface area contributed by atoms with Gasteiger partial charge in [-0.3, -0.25) is 0 Å². The van der Waals surface area contributed by atoms with Crippen LogP contribution in [0.5, 0.6) is 0 Å². The average Bonchev–Trinajstić information content (AvgIpc) is 2.30. The van der Waals surface area contributed by atoms with Crippen molar-refractivity contribution in [2.24, 2.45) is 11.3 Å². The second kappa shape index (κ2) is 9.42. The molecule has 0 heterocycles. The van der Waals surface area contributed by atoms with Crippen molar-refractivity contribution >= 4 is 0 Å². The molecule has 0 aromatic carbocycles. The lowest BCUT2D eigenvalue weighted by Gasteiger charge is -2.34. The topological polar surface area (TPSA) is 18.5 Å². The van der Waals surface area contributed by atoms with Crippen LogP contribution in [-0.2, 0) is 9.47 Å². The van der Waals surface area contributed by atoms with Gasteiger partial charge < -0.3 is 9.47 Å². The molecule has 0 amide bonds. The number of rotatable bonds is 10. The molecule has 0 N–H and O–H groups in total. The van der Waals surface area contributed by atoms with Crippen LogP contribution in [0.3, 0.4) is 0 Å². The Kier molecular flexibility index (Phi) is 9.14. The third kappa shape index (κ3) is 7.74. The molecule has 0 aromatic heterocycles. The Morgan fingerprint density at radius 3 is 2.28 bits per heavy atom. The highest BCUT2D eigenvalue weighted by molar-refractivity contribution is 4.84. The zero-order valence-electron chi connectivity index (χ0n) is 12.8. The van der Waals surface area contributed by atoms with E-state index in [1.54, 1.807) is 0 Å². The minimum Gasteiger partial charge on any atom is -0.380 e. The van der Waals surface area contributed by atoms with Crippen LogP contribution in [0.2, 0.25) is 0 Å². The Morgan fingerprint density at radius 1 is 1.17 bits per heavy atom. The van der Waals surface area contributed by atoms with Crippen molar-refractivity contribution in [1.29, 1.82) is 0 Å². The zero-order valence-corrected chi connectivity index (χ0v) is 12.8. The Bertz CT molecular complexity index is 240. The highest BCUT2D eigenvalue weighted by atomic mass is 16.5. The van der Waals surface area contributed by atoms with Gasteiger partial charge in [0.15, 0.2) is 0 Å². The van der Waals surface area contributed by atoms with Crippen LogP contribution in [0.25, 0.3) is 0 Å². The number of ether oxygens (including phenoxy) is 2. The molecule has 0 saturated heterocycles. The summed E-state index contributed by atoms with van der Waals surface area (Å²) >= 11 is 0. The second-order valence-corrected chi connectivity index (χ2v) is 5.82. The summed E-state index contributed by atoms with van der Waals surface area (Å²) in [6.45, 7) is 13.0. The van der Waals surface area contributed by atoms with Gasteiger partial charge in [0.25, 0.3) is 0 Å². The maximum atomic E-state index is 5.84. The molecule has 0 spiro atoms. The Morgan fingerprint density at radius 2 is 1.83 bits per heavy atom. The van der Waals surface area contributed by atoms with E-state index in [2.05, 4.69) is 40.5 Å². The Hall–Kier alpha value is -0.520. The summed E-state index contributed by atoms with van der Waals surface area (Å²) in [6, 6.07) is 0. The number of terminal acetylenes is 1. The van der Waals surface area contributed by atoms with Crippen molar-refractivity contribution < 1.29 is 9.47 Å². The lowest BCUT2D eigenvalue weighted by Crippen LogP contribution is -2.34. The van der Waals surface area contributed by atoms with Crippen LogP contribution < -0.4 is 0 Å². The first-order chi connectivity index (χ1) is 8.45. The first kappa shape index (κ1) is 17.5. The van der Waals surface area contributed by atoms with E-state index >= 15 is 0 Å². The molecule has 18 heavy (non-hydrogen) atoms. The molecule has 2 heteroatoms. The normalized spacial score (nSPS) is 14.8. The van der Waals surface area contributed by atoms with Gasteiger partial charge in [0.1, 0.15) is 0 Å².